The molecule has 2 aliphatic rings. The lowest BCUT2D eigenvalue weighted by atomic mass is 9.90. The first-order valence-electron chi connectivity index (χ1n) is 12.4. The molecule has 2 fully saturated rings. The lowest BCUT2D eigenvalue weighted by molar-refractivity contribution is -0.137. The summed E-state index contributed by atoms with van der Waals surface area (Å²) in [7, 11) is 0. The summed E-state index contributed by atoms with van der Waals surface area (Å²) >= 11 is 0. The summed E-state index contributed by atoms with van der Waals surface area (Å²) in [5.74, 6) is 1.04. The van der Waals surface area contributed by atoms with E-state index in [0.29, 0.717) is 64.5 Å². The molecule has 3 heterocycles. The van der Waals surface area contributed by atoms with Gasteiger partial charge in [0.15, 0.2) is 0 Å². The number of piperidine rings is 1. The van der Waals surface area contributed by atoms with Gasteiger partial charge in [-0.3, -0.25) is 14.3 Å². The zero-order chi connectivity index (χ0) is 24.1. The maximum atomic E-state index is 13.5. The molecule has 184 valence electrons. The van der Waals surface area contributed by atoms with Gasteiger partial charge in [0.25, 0.3) is 5.91 Å². The van der Waals surface area contributed by atoms with Gasteiger partial charge in [-0.1, -0.05) is 32.0 Å². The van der Waals surface area contributed by atoms with E-state index in [1.807, 2.05) is 53.1 Å². The molecule has 2 saturated heterocycles. The molecule has 0 radical (unpaired) electrons. The summed E-state index contributed by atoms with van der Waals surface area (Å²) in [6.07, 6.45) is 0.906. The Morgan fingerprint density at radius 2 is 1.85 bits per heavy atom. The molecule has 0 bridgehead atoms. The minimum atomic E-state index is -0.126. The SMILES string of the molecule is CCn1nc(C(C)C)cc1C(=O)N1CC[C@H](Oc2ccccc2)[C@@H](CC(=O)N2CCOCC2)C1. The number of nitrogens with zero attached hydrogens (tertiary/aromatic N) is 4. The van der Waals surface area contributed by atoms with E-state index in [1.165, 1.54) is 0 Å². The highest BCUT2D eigenvalue weighted by Crippen LogP contribution is 2.28. The van der Waals surface area contributed by atoms with E-state index in [1.54, 1.807) is 4.68 Å². The maximum absolute atomic E-state index is 13.5. The average molecular weight is 469 g/mol. The first-order chi connectivity index (χ1) is 16.5. The van der Waals surface area contributed by atoms with Crippen LogP contribution < -0.4 is 4.74 Å². The van der Waals surface area contributed by atoms with Crippen molar-refractivity contribution >= 4 is 11.8 Å². The Labute approximate surface area is 201 Å². The number of morpholine rings is 1. The van der Waals surface area contributed by atoms with Crippen LogP contribution in [0.5, 0.6) is 5.75 Å². The first kappa shape index (κ1) is 24.3. The number of hydrogen-bond acceptors (Lipinski definition) is 5. The monoisotopic (exact) mass is 468 g/mol. The van der Waals surface area contributed by atoms with Crippen molar-refractivity contribution < 1.29 is 19.1 Å². The molecular weight excluding hydrogens is 432 g/mol. The van der Waals surface area contributed by atoms with Gasteiger partial charge < -0.3 is 19.3 Å². The molecule has 2 aliphatic heterocycles. The van der Waals surface area contributed by atoms with E-state index in [2.05, 4.69) is 18.9 Å². The van der Waals surface area contributed by atoms with Crippen molar-refractivity contribution in [3.8, 4) is 5.75 Å². The van der Waals surface area contributed by atoms with E-state index in [-0.39, 0.29) is 29.8 Å². The van der Waals surface area contributed by atoms with Crippen LogP contribution in [0.15, 0.2) is 36.4 Å². The van der Waals surface area contributed by atoms with Gasteiger partial charge in [-0.25, -0.2) is 0 Å². The third-order valence-electron chi connectivity index (χ3n) is 6.69. The number of likely N-dealkylation sites (tertiary alicyclic amines) is 1. The third kappa shape index (κ3) is 5.60. The van der Waals surface area contributed by atoms with Gasteiger partial charge in [0.1, 0.15) is 17.5 Å². The summed E-state index contributed by atoms with van der Waals surface area (Å²) in [4.78, 5) is 30.3. The number of ether oxygens (including phenoxy) is 2. The Kier molecular flexibility index (Phi) is 7.88. The zero-order valence-corrected chi connectivity index (χ0v) is 20.5. The quantitative estimate of drug-likeness (QED) is 0.624. The Morgan fingerprint density at radius 1 is 1.12 bits per heavy atom. The van der Waals surface area contributed by atoms with Gasteiger partial charge in [0.05, 0.1) is 18.9 Å². The number of carbonyl (C=O) groups excluding carboxylic acids is 2. The second kappa shape index (κ2) is 11.0. The molecule has 1 aromatic heterocycles. The van der Waals surface area contributed by atoms with Gasteiger partial charge in [-0.2, -0.15) is 5.10 Å². The molecule has 0 aliphatic carbocycles. The van der Waals surface area contributed by atoms with E-state index in [9.17, 15) is 9.59 Å². The molecule has 0 saturated carbocycles. The summed E-state index contributed by atoms with van der Waals surface area (Å²) in [6, 6.07) is 11.6. The van der Waals surface area contributed by atoms with Crippen LogP contribution in [0.2, 0.25) is 0 Å². The lowest BCUT2D eigenvalue weighted by Crippen LogP contribution is -2.50. The number of benzene rings is 1. The van der Waals surface area contributed by atoms with Crippen molar-refractivity contribution in [3.63, 3.8) is 0 Å². The van der Waals surface area contributed by atoms with Crippen molar-refractivity contribution in [2.75, 3.05) is 39.4 Å². The highest BCUT2D eigenvalue weighted by atomic mass is 16.5. The molecule has 0 unspecified atom stereocenters. The minimum absolute atomic E-state index is 0.0248. The van der Waals surface area contributed by atoms with Gasteiger partial charge in [-0.05, 0) is 31.0 Å². The normalized spacial score (nSPS) is 21.1. The molecule has 4 rings (SSSR count). The number of carbonyl (C=O) groups is 2. The zero-order valence-electron chi connectivity index (χ0n) is 20.5. The second-order valence-corrected chi connectivity index (χ2v) is 9.39. The van der Waals surface area contributed by atoms with Crippen LogP contribution in [0, 0.1) is 5.92 Å². The van der Waals surface area contributed by atoms with Gasteiger partial charge in [0, 0.05) is 51.5 Å². The Morgan fingerprint density at radius 3 is 2.53 bits per heavy atom. The molecule has 1 aromatic carbocycles. The summed E-state index contributed by atoms with van der Waals surface area (Å²) in [5.41, 5.74) is 1.54. The summed E-state index contributed by atoms with van der Waals surface area (Å²) in [6.45, 7) is 10.2. The summed E-state index contributed by atoms with van der Waals surface area (Å²) < 4.78 is 13.5. The Balaban J connectivity index is 1.51. The van der Waals surface area contributed by atoms with Crippen LogP contribution in [-0.4, -0.2) is 76.9 Å². The van der Waals surface area contributed by atoms with Crippen LogP contribution in [0.1, 0.15) is 55.7 Å². The molecule has 2 amide bonds. The van der Waals surface area contributed by atoms with Crippen LogP contribution in [0.4, 0.5) is 0 Å². The number of amides is 2. The third-order valence-corrected chi connectivity index (χ3v) is 6.69. The summed E-state index contributed by atoms with van der Waals surface area (Å²) in [5, 5.41) is 4.62. The number of hydrogen-bond donors (Lipinski definition) is 0. The highest BCUT2D eigenvalue weighted by molar-refractivity contribution is 5.93. The fraction of sp³-hybridized carbons (Fsp3) is 0.577. The number of para-hydroxylation sites is 1. The van der Waals surface area contributed by atoms with E-state index >= 15 is 0 Å². The van der Waals surface area contributed by atoms with Crippen molar-refractivity contribution in [2.45, 2.75) is 52.2 Å². The van der Waals surface area contributed by atoms with E-state index in [0.717, 1.165) is 11.4 Å². The Hall–Kier alpha value is -2.87. The first-order valence-corrected chi connectivity index (χ1v) is 12.4. The standard InChI is InChI=1S/C26H36N4O4/c1-4-30-23(17-22(27-30)19(2)3)26(32)29-11-10-24(34-21-8-6-5-7-9-21)20(18-29)16-25(31)28-12-14-33-15-13-28/h5-9,17,19-20,24H,4,10-16,18H2,1-3H3/t20-,24-/m0/s1. The van der Waals surface area contributed by atoms with Crippen LogP contribution in [0.3, 0.4) is 0 Å². The second-order valence-electron chi connectivity index (χ2n) is 9.39. The van der Waals surface area contributed by atoms with Crippen molar-refractivity contribution in [1.82, 2.24) is 19.6 Å². The molecule has 8 heteroatoms. The lowest BCUT2D eigenvalue weighted by Gasteiger charge is -2.39. The maximum Gasteiger partial charge on any atom is 0.272 e. The number of aromatic nitrogens is 2. The van der Waals surface area contributed by atoms with Crippen LogP contribution in [0.25, 0.3) is 0 Å². The molecular formula is C26H36N4O4. The minimum Gasteiger partial charge on any atom is -0.490 e. The fourth-order valence-corrected chi connectivity index (χ4v) is 4.68. The van der Waals surface area contributed by atoms with Crippen LogP contribution >= 0.6 is 0 Å². The van der Waals surface area contributed by atoms with E-state index < -0.39 is 0 Å². The van der Waals surface area contributed by atoms with Gasteiger partial charge >= 0.3 is 0 Å². The molecule has 8 nitrogen and oxygen atoms in total. The topological polar surface area (TPSA) is 76.9 Å². The molecule has 2 aromatic rings. The number of rotatable bonds is 7. The predicted molar refractivity (Wildman–Crippen MR) is 129 cm³/mol. The average Bonchev–Trinajstić information content (AvgIpc) is 3.31. The molecule has 0 spiro atoms. The van der Waals surface area contributed by atoms with Crippen LogP contribution in [-0.2, 0) is 16.1 Å². The Bertz CT molecular complexity index is 968. The van der Waals surface area contributed by atoms with Crippen molar-refractivity contribution in [1.29, 1.82) is 0 Å². The highest BCUT2D eigenvalue weighted by Gasteiger charge is 2.36. The molecule has 0 N–H and O–H groups in total. The number of aryl methyl sites for hydroxylation is 1. The van der Waals surface area contributed by atoms with Crippen molar-refractivity contribution in [2.24, 2.45) is 5.92 Å². The fourth-order valence-electron chi connectivity index (χ4n) is 4.68. The van der Waals surface area contributed by atoms with Gasteiger partial charge in [-0.15, -0.1) is 0 Å². The predicted octanol–water partition coefficient (Wildman–Crippen LogP) is 3.19. The van der Waals surface area contributed by atoms with E-state index in [4.69, 9.17) is 9.47 Å². The molecule has 2 atom stereocenters. The molecule has 34 heavy (non-hydrogen) atoms. The largest absolute Gasteiger partial charge is 0.490 e. The van der Waals surface area contributed by atoms with Crippen molar-refractivity contribution in [3.05, 3.63) is 47.8 Å². The smallest absolute Gasteiger partial charge is 0.272 e. The van der Waals surface area contributed by atoms with Gasteiger partial charge in [0.2, 0.25) is 5.91 Å².